The largest absolute Gasteiger partial charge is 0.338 e. The van der Waals surface area contributed by atoms with Crippen LogP contribution in [-0.2, 0) is 11.2 Å². The van der Waals surface area contributed by atoms with Crippen LogP contribution in [0.5, 0.6) is 0 Å². The first-order valence-corrected chi connectivity index (χ1v) is 7.23. The average Bonchev–Trinajstić information content (AvgIpc) is 2.38. The van der Waals surface area contributed by atoms with Crippen molar-refractivity contribution in [3.63, 3.8) is 0 Å². The summed E-state index contributed by atoms with van der Waals surface area (Å²) in [6.07, 6.45) is 2.63. The number of hydrogen-bond acceptors (Lipinski definition) is 2. The van der Waals surface area contributed by atoms with E-state index in [9.17, 15) is 4.79 Å². The van der Waals surface area contributed by atoms with Crippen molar-refractivity contribution >= 4 is 17.5 Å². The molecule has 2 rings (SSSR count). The van der Waals surface area contributed by atoms with Crippen molar-refractivity contribution in [3.05, 3.63) is 34.9 Å². The summed E-state index contributed by atoms with van der Waals surface area (Å²) in [4.78, 5) is 14.4. The summed E-state index contributed by atoms with van der Waals surface area (Å²) in [5.41, 5.74) is 6.79. The summed E-state index contributed by atoms with van der Waals surface area (Å²) in [5.74, 6) is 0.645. The Morgan fingerprint density at radius 3 is 3.00 bits per heavy atom. The Labute approximate surface area is 119 Å². The Bertz CT molecular complexity index is 450. The molecular weight excluding hydrogens is 260 g/mol. The highest BCUT2D eigenvalue weighted by Gasteiger charge is 2.30. The molecule has 1 aliphatic rings. The molecular formula is C15H21ClN2O. The molecule has 19 heavy (non-hydrogen) atoms. The van der Waals surface area contributed by atoms with E-state index in [1.54, 1.807) is 0 Å². The summed E-state index contributed by atoms with van der Waals surface area (Å²) in [5, 5.41) is 0.674. The highest BCUT2D eigenvalue weighted by atomic mass is 35.5. The third-order valence-electron chi connectivity index (χ3n) is 3.92. The molecule has 1 saturated heterocycles. The molecule has 104 valence electrons. The van der Waals surface area contributed by atoms with E-state index >= 15 is 0 Å². The minimum atomic E-state index is 0.157. The predicted octanol–water partition coefficient (Wildman–Crippen LogP) is 2.47. The fourth-order valence-corrected chi connectivity index (χ4v) is 3.05. The van der Waals surface area contributed by atoms with Gasteiger partial charge in [0.2, 0.25) is 5.91 Å². The van der Waals surface area contributed by atoms with Crippen LogP contribution >= 0.6 is 11.6 Å². The predicted molar refractivity (Wildman–Crippen MR) is 78.1 cm³/mol. The number of piperidine rings is 1. The number of amides is 1. The zero-order valence-corrected chi connectivity index (χ0v) is 12.1. The maximum Gasteiger partial charge on any atom is 0.227 e. The summed E-state index contributed by atoms with van der Waals surface area (Å²) in [7, 11) is 0. The third kappa shape index (κ3) is 3.48. The Morgan fingerprint density at radius 2 is 2.32 bits per heavy atom. The van der Waals surface area contributed by atoms with Crippen LogP contribution in [0.15, 0.2) is 24.3 Å². The number of nitrogens with two attached hydrogens (primary N) is 1. The van der Waals surface area contributed by atoms with Gasteiger partial charge in [-0.15, -0.1) is 0 Å². The molecule has 1 aliphatic heterocycles. The smallest absolute Gasteiger partial charge is 0.227 e. The molecule has 0 spiro atoms. The lowest BCUT2D eigenvalue weighted by atomic mass is 9.90. The molecule has 1 aromatic carbocycles. The summed E-state index contributed by atoms with van der Waals surface area (Å²) >= 11 is 5.95. The number of benzene rings is 1. The molecule has 1 aromatic rings. The van der Waals surface area contributed by atoms with Crippen molar-refractivity contribution in [2.45, 2.75) is 32.2 Å². The van der Waals surface area contributed by atoms with Gasteiger partial charge in [0.1, 0.15) is 0 Å². The summed E-state index contributed by atoms with van der Waals surface area (Å²) < 4.78 is 0. The minimum absolute atomic E-state index is 0.157. The molecule has 1 heterocycles. The first-order valence-electron chi connectivity index (χ1n) is 6.86. The Kier molecular flexibility index (Phi) is 4.83. The lowest BCUT2D eigenvalue weighted by molar-refractivity contribution is -0.135. The van der Waals surface area contributed by atoms with Crippen LogP contribution in [0.25, 0.3) is 0 Å². The lowest BCUT2D eigenvalue weighted by Gasteiger charge is -2.39. The van der Waals surface area contributed by atoms with Gasteiger partial charge in [-0.1, -0.05) is 30.7 Å². The van der Waals surface area contributed by atoms with Gasteiger partial charge in [0.15, 0.2) is 0 Å². The maximum atomic E-state index is 12.4. The topological polar surface area (TPSA) is 46.3 Å². The number of carbonyl (C=O) groups is 1. The zero-order chi connectivity index (χ0) is 13.8. The van der Waals surface area contributed by atoms with Crippen LogP contribution in [0.4, 0.5) is 0 Å². The van der Waals surface area contributed by atoms with Crippen LogP contribution < -0.4 is 5.73 Å². The number of hydrogen-bond donors (Lipinski definition) is 1. The number of carbonyl (C=O) groups excluding carboxylic acids is 1. The molecule has 0 aliphatic carbocycles. The molecule has 0 saturated carbocycles. The van der Waals surface area contributed by atoms with Crippen LogP contribution in [0.1, 0.15) is 25.3 Å². The van der Waals surface area contributed by atoms with Crippen molar-refractivity contribution in [3.8, 4) is 0 Å². The second-order valence-electron chi connectivity index (χ2n) is 5.32. The van der Waals surface area contributed by atoms with Crippen molar-refractivity contribution in [2.24, 2.45) is 11.7 Å². The second kappa shape index (κ2) is 6.40. The van der Waals surface area contributed by atoms with Gasteiger partial charge in [-0.2, -0.15) is 0 Å². The highest BCUT2D eigenvalue weighted by Crippen LogP contribution is 2.23. The maximum absolute atomic E-state index is 12.4. The zero-order valence-electron chi connectivity index (χ0n) is 11.3. The Hall–Kier alpha value is -1.06. The van der Waals surface area contributed by atoms with Crippen LogP contribution in [-0.4, -0.2) is 29.9 Å². The first kappa shape index (κ1) is 14.4. The third-order valence-corrected chi connectivity index (χ3v) is 4.16. The van der Waals surface area contributed by atoms with Gasteiger partial charge in [0, 0.05) is 24.2 Å². The van der Waals surface area contributed by atoms with Gasteiger partial charge >= 0.3 is 0 Å². The van der Waals surface area contributed by atoms with E-state index in [4.69, 9.17) is 17.3 Å². The van der Waals surface area contributed by atoms with Gasteiger partial charge in [0.25, 0.3) is 0 Å². The molecule has 0 aromatic heterocycles. The quantitative estimate of drug-likeness (QED) is 0.924. The number of rotatable bonds is 3. The lowest BCUT2D eigenvalue weighted by Crippen LogP contribution is -2.51. The van der Waals surface area contributed by atoms with E-state index in [1.807, 2.05) is 29.2 Å². The Balaban J connectivity index is 2.06. The molecule has 1 fully saturated rings. The van der Waals surface area contributed by atoms with E-state index in [1.165, 1.54) is 0 Å². The normalized spacial score (nSPS) is 23.4. The molecule has 0 radical (unpaired) electrons. The molecule has 0 bridgehead atoms. The molecule has 2 N–H and O–H groups in total. The number of likely N-dealkylation sites (tertiary alicyclic amines) is 1. The summed E-state index contributed by atoms with van der Waals surface area (Å²) in [6, 6.07) is 7.67. The van der Waals surface area contributed by atoms with Gasteiger partial charge in [-0.3, -0.25) is 4.79 Å². The van der Waals surface area contributed by atoms with Crippen molar-refractivity contribution < 1.29 is 4.79 Å². The van der Waals surface area contributed by atoms with Crippen molar-refractivity contribution in [1.82, 2.24) is 4.90 Å². The van der Waals surface area contributed by atoms with Crippen molar-refractivity contribution in [2.75, 3.05) is 13.1 Å². The van der Waals surface area contributed by atoms with E-state index in [2.05, 4.69) is 6.92 Å². The monoisotopic (exact) mass is 280 g/mol. The van der Waals surface area contributed by atoms with Crippen LogP contribution in [0.3, 0.4) is 0 Å². The minimum Gasteiger partial charge on any atom is -0.338 e. The number of halogens is 1. The molecule has 1 amide bonds. The van der Waals surface area contributed by atoms with Crippen molar-refractivity contribution in [1.29, 1.82) is 0 Å². The fraction of sp³-hybridized carbons (Fsp3) is 0.533. The molecule has 3 nitrogen and oxygen atoms in total. The number of nitrogens with zero attached hydrogens (tertiary/aromatic N) is 1. The molecule has 2 atom stereocenters. The van der Waals surface area contributed by atoms with Gasteiger partial charge in [-0.25, -0.2) is 0 Å². The summed E-state index contributed by atoms with van der Waals surface area (Å²) in [6.45, 7) is 3.55. The average molecular weight is 281 g/mol. The molecule has 2 unspecified atom stereocenters. The highest BCUT2D eigenvalue weighted by molar-refractivity contribution is 6.30. The van der Waals surface area contributed by atoms with Crippen LogP contribution in [0.2, 0.25) is 5.02 Å². The molecule has 4 heteroatoms. The SMILES string of the molecule is CC1CCCN(C(=O)Cc2cccc(Cl)c2)C1CN. The standard InChI is InChI=1S/C15H21ClN2O/c1-11-4-3-7-18(14(11)10-17)15(19)9-12-5-2-6-13(16)8-12/h2,5-6,8,11,14H,3-4,7,9-10,17H2,1H3. The van der Waals surface area contributed by atoms with Gasteiger partial charge < -0.3 is 10.6 Å². The van der Waals surface area contributed by atoms with E-state index in [-0.39, 0.29) is 11.9 Å². The Morgan fingerprint density at radius 1 is 1.53 bits per heavy atom. The van der Waals surface area contributed by atoms with Gasteiger partial charge in [-0.05, 0) is 36.5 Å². The second-order valence-corrected chi connectivity index (χ2v) is 5.75. The fourth-order valence-electron chi connectivity index (χ4n) is 2.84. The van der Waals surface area contributed by atoms with Gasteiger partial charge in [0.05, 0.1) is 6.42 Å². The van der Waals surface area contributed by atoms with Crippen LogP contribution in [0, 0.1) is 5.92 Å². The first-order chi connectivity index (χ1) is 9.11. The van der Waals surface area contributed by atoms with E-state index in [0.717, 1.165) is 24.9 Å². The van der Waals surface area contributed by atoms with E-state index < -0.39 is 0 Å². The van der Waals surface area contributed by atoms with E-state index in [0.29, 0.717) is 23.9 Å².